The maximum absolute atomic E-state index is 12.7. The van der Waals surface area contributed by atoms with Crippen molar-refractivity contribution in [3.05, 3.63) is 59.3 Å². The van der Waals surface area contributed by atoms with Crippen molar-refractivity contribution < 1.29 is 9.53 Å². The van der Waals surface area contributed by atoms with E-state index >= 15 is 0 Å². The van der Waals surface area contributed by atoms with Gasteiger partial charge in [0.1, 0.15) is 11.4 Å². The quantitative estimate of drug-likeness (QED) is 0.746. The van der Waals surface area contributed by atoms with Gasteiger partial charge in [-0.15, -0.1) is 0 Å². The van der Waals surface area contributed by atoms with Gasteiger partial charge in [0, 0.05) is 34.4 Å². The van der Waals surface area contributed by atoms with Crippen molar-refractivity contribution in [2.75, 3.05) is 13.1 Å². The highest BCUT2D eigenvalue weighted by Crippen LogP contribution is 2.42. The molecule has 1 aromatic carbocycles. The Hall–Kier alpha value is -2.73. The summed E-state index contributed by atoms with van der Waals surface area (Å²) < 4.78 is 5.97. The summed E-state index contributed by atoms with van der Waals surface area (Å²) in [6.45, 7) is 3.47. The molecule has 0 bridgehead atoms. The van der Waals surface area contributed by atoms with Crippen molar-refractivity contribution in [3.63, 3.8) is 0 Å². The molecule has 6 nitrogen and oxygen atoms in total. The number of carbonyl (C=O) groups excluding carboxylic acids is 1. The third-order valence-corrected chi connectivity index (χ3v) is 4.94. The molecule has 2 aliphatic heterocycles. The number of H-pyrrole nitrogens is 1. The summed E-state index contributed by atoms with van der Waals surface area (Å²) in [5.41, 5.74) is 3.29. The molecule has 1 N–H and O–H groups in total. The molecule has 6 heteroatoms. The Labute approximate surface area is 138 Å². The van der Waals surface area contributed by atoms with Gasteiger partial charge in [-0.1, -0.05) is 0 Å². The second kappa shape index (κ2) is 4.64. The van der Waals surface area contributed by atoms with Crippen LogP contribution in [0.5, 0.6) is 0 Å². The van der Waals surface area contributed by atoms with E-state index in [9.17, 15) is 4.79 Å². The molecule has 4 heterocycles. The molecule has 2 aliphatic rings. The number of ether oxygens (including phenoxy) is 1. The predicted molar refractivity (Wildman–Crippen MR) is 87.4 cm³/mol. The van der Waals surface area contributed by atoms with Gasteiger partial charge in [0.05, 0.1) is 25.4 Å². The minimum atomic E-state index is -0.420. The number of likely N-dealkylation sites (tertiary alicyclic amines) is 1. The van der Waals surface area contributed by atoms with Crippen LogP contribution in [-0.2, 0) is 16.9 Å². The second-order valence-corrected chi connectivity index (χ2v) is 6.50. The molecule has 1 saturated heterocycles. The number of amides is 1. The van der Waals surface area contributed by atoms with E-state index in [0.29, 0.717) is 25.3 Å². The summed E-state index contributed by atoms with van der Waals surface area (Å²) >= 11 is 0. The molecular formula is C18H16N4O2. The Morgan fingerprint density at radius 2 is 2.21 bits per heavy atom. The van der Waals surface area contributed by atoms with Crippen LogP contribution < -0.4 is 0 Å². The van der Waals surface area contributed by atoms with Crippen LogP contribution in [-0.4, -0.2) is 38.8 Å². The maximum Gasteiger partial charge on any atom is 0.254 e. The summed E-state index contributed by atoms with van der Waals surface area (Å²) in [6.07, 6.45) is 3.72. The number of hydrogen-bond donors (Lipinski definition) is 1. The maximum atomic E-state index is 12.7. The molecule has 0 atom stereocenters. The van der Waals surface area contributed by atoms with Crippen molar-refractivity contribution in [2.24, 2.45) is 0 Å². The molecule has 1 fully saturated rings. The van der Waals surface area contributed by atoms with E-state index in [0.717, 1.165) is 28.0 Å². The van der Waals surface area contributed by atoms with Crippen LogP contribution in [0.1, 0.15) is 27.4 Å². The third-order valence-electron chi connectivity index (χ3n) is 4.94. The van der Waals surface area contributed by atoms with Crippen molar-refractivity contribution in [2.45, 2.75) is 19.1 Å². The number of carbonyl (C=O) groups is 1. The minimum absolute atomic E-state index is 0.0359. The monoisotopic (exact) mass is 320 g/mol. The lowest BCUT2D eigenvalue weighted by Crippen LogP contribution is -2.61. The van der Waals surface area contributed by atoms with Gasteiger partial charge in [0.25, 0.3) is 5.91 Å². The SMILES string of the molecule is Cc1ncc2c(n1)COC21CN(C(=O)c2ccc3[nH]ccc3c2)C1. The van der Waals surface area contributed by atoms with E-state index in [-0.39, 0.29) is 5.91 Å². The number of nitrogens with zero attached hydrogens (tertiary/aromatic N) is 3. The molecule has 1 spiro atoms. The lowest BCUT2D eigenvalue weighted by atomic mass is 9.87. The number of fused-ring (bicyclic) bond motifs is 3. The lowest BCUT2D eigenvalue weighted by molar-refractivity contribution is -0.126. The van der Waals surface area contributed by atoms with Crippen molar-refractivity contribution in [3.8, 4) is 0 Å². The molecule has 0 unspecified atom stereocenters. The summed E-state index contributed by atoms with van der Waals surface area (Å²) in [5.74, 6) is 0.787. The first kappa shape index (κ1) is 13.7. The van der Waals surface area contributed by atoms with Crippen molar-refractivity contribution >= 4 is 16.8 Å². The smallest absolute Gasteiger partial charge is 0.254 e. The van der Waals surface area contributed by atoms with Crippen LogP contribution >= 0.6 is 0 Å². The molecule has 3 aromatic rings. The summed E-state index contributed by atoms with van der Waals surface area (Å²) in [5, 5.41) is 1.04. The van der Waals surface area contributed by atoms with Crippen molar-refractivity contribution in [1.29, 1.82) is 0 Å². The molecule has 2 aromatic heterocycles. The Balaban J connectivity index is 1.39. The molecule has 24 heavy (non-hydrogen) atoms. The first-order valence-electron chi connectivity index (χ1n) is 7.98. The van der Waals surface area contributed by atoms with E-state index in [2.05, 4.69) is 15.0 Å². The summed E-state index contributed by atoms with van der Waals surface area (Å²) in [6, 6.07) is 7.70. The fourth-order valence-corrected chi connectivity index (χ4v) is 3.64. The average Bonchev–Trinajstić information content (AvgIpc) is 3.15. The van der Waals surface area contributed by atoms with Crippen molar-refractivity contribution in [1.82, 2.24) is 19.9 Å². The first-order valence-corrected chi connectivity index (χ1v) is 7.98. The average molecular weight is 320 g/mol. The largest absolute Gasteiger partial charge is 0.361 e. The summed E-state index contributed by atoms with van der Waals surface area (Å²) in [7, 11) is 0. The minimum Gasteiger partial charge on any atom is -0.361 e. The number of hydrogen-bond acceptors (Lipinski definition) is 4. The lowest BCUT2D eigenvalue weighted by Gasteiger charge is -2.47. The van der Waals surface area contributed by atoms with Crippen LogP contribution in [0.3, 0.4) is 0 Å². The van der Waals surface area contributed by atoms with E-state index in [1.54, 1.807) is 0 Å². The van der Waals surface area contributed by atoms with Gasteiger partial charge in [-0.3, -0.25) is 4.79 Å². The topological polar surface area (TPSA) is 71.1 Å². The van der Waals surface area contributed by atoms with E-state index < -0.39 is 5.60 Å². The summed E-state index contributed by atoms with van der Waals surface area (Å²) in [4.78, 5) is 26.4. The molecule has 120 valence electrons. The van der Waals surface area contributed by atoms with Crippen LogP contribution in [0.15, 0.2) is 36.7 Å². The fourth-order valence-electron chi connectivity index (χ4n) is 3.64. The zero-order valence-electron chi connectivity index (χ0n) is 13.2. The Kier molecular flexibility index (Phi) is 2.65. The van der Waals surface area contributed by atoms with E-state index in [1.807, 2.05) is 48.5 Å². The number of rotatable bonds is 1. The highest BCUT2D eigenvalue weighted by atomic mass is 16.5. The van der Waals surface area contributed by atoms with Gasteiger partial charge in [-0.25, -0.2) is 9.97 Å². The van der Waals surface area contributed by atoms with Gasteiger partial charge >= 0.3 is 0 Å². The number of aryl methyl sites for hydroxylation is 1. The van der Waals surface area contributed by atoms with Gasteiger partial charge in [0.2, 0.25) is 0 Å². The Morgan fingerprint density at radius 3 is 3.08 bits per heavy atom. The zero-order valence-corrected chi connectivity index (χ0v) is 13.2. The molecule has 0 saturated carbocycles. The van der Waals surface area contributed by atoms with Gasteiger partial charge in [-0.05, 0) is 31.2 Å². The highest BCUT2D eigenvalue weighted by molar-refractivity contribution is 5.98. The number of benzene rings is 1. The number of aromatic amines is 1. The van der Waals surface area contributed by atoms with E-state index in [1.165, 1.54) is 0 Å². The highest BCUT2D eigenvalue weighted by Gasteiger charge is 2.52. The third kappa shape index (κ3) is 1.83. The molecule has 1 amide bonds. The number of aromatic nitrogens is 3. The Morgan fingerprint density at radius 1 is 1.33 bits per heavy atom. The van der Waals surface area contributed by atoms with Gasteiger partial charge in [0.15, 0.2) is 0 Å². The molecule has 5 rings (SSSR count). The van der Waals surface area contributed by atoms with Crippen LogP contribution in [0, 0.1) is 6.92 Å². The van der Waals surface area contributed by atoms with Crippen LogP contribution in [0.2, 0.25) is 0 Å². The van der Waals surface area contributed by atoms with Crippen LogP contribution in [0.4, 0.5) is 0 Å². The zero-order chi connectivity index (χ0) is 16.3. The molecule has 0 radical (unpaired) electrons. The predicted octanol–water partition coefficient (Wildman–Crippen LogP) is 2.15. The molecular weight excluding hydrogens is 304 g/mol. The standard InChI is InChI=1S/C18H16N4O2/c1-11-20-7-14-16(21-11)8-24-18(14)9-22(10-18)17(23)13-2-3-15-12(6-13)4-5-19-15/h2-7,19H,8-10H2,1H3. The molecule has 0 aliphatic carbocycles. The first-order chi connectivity index (χ1) is 11.6. The Bertz CT molecular complexity index is 972. The number of nitrogens with one attached hydrogen (secondary N) is 1. The second-order valence-electron chi connectivity index (χ2n) is 6.50. The van der Waals surface area contributed by atoms with E-state index in [4.69, 9.17) is 4.74 Å². The normalized spacial score (nSPS) is 18.0. The van der Waals surface area contributed by atoms with Gasteiger partial charge in [-0.2, -0.15) is 0 Å². The van der Waals surface area contributed by atoms with Crippen LogP contribution in [0.25, 0.3) is 10.9 Å². The van der Waals surface area contributed by atoms with Gasteiger partial charge < -0.3 is 14.6 Å². The fraction of sp³-hybridized carbons (Fsp3) is 0.278.